The normalized spacial score (nSPS) is 13.9. The van der Waals surface area contributed by atoms with Crippen LogP contribution in [0.2, 0.25) is 0 Å². The first kappa shape index (κ1) is 34.4. The number of benzene rings is 9. The highest BCUT2D eigenvalue weighted by Gasteiger charge is 2.22. The molecule has 4 nitrogen and oxygen atoms in total. The molecule has 278 valence electrons. The minimum atomic E-state index is -0.261. The monoisotopic (exact) mass is 755 g/mol. The first-order chi connectivity index (χ1) is 29.2. The predicted octanol–water partition coefficient (Wildman–Crippen LogP) is 13.9. The lowest BCUT2D eigenvalue weighted by Gasteiger charge is -2.24. The Morgan fingerprint density at radius 3 is 1.61 bits per heavy atom. The number of para-hydroxylation sites is 1. The van der Waals surface area contributed by atoms with E-state index in [2.05, 4.69) is 181 Å². The van der Waals surface area contributed by atoms with Crippen LogP contribution in [-0.4, -0.2) is 11.7 Å². The summed E-state index contributed by atoms with van der Waals surface area (Å²) in [6, 6.07) is 74.6. The standard InChI is InChI=1S/C55H37N3O/c1-4-16-36(17-5-1)39-22-12-26-43(32-39)49-35-50-51(47-29-11-10-28-46(47)49)48-31-15-30-45(52(48)59-50)42-25-13-23-40(33-42)41-24-14-27-44(34-41)55-57-53(37-18-6-2-7-19-37)56-54(58-55)38-20-8-3-9-21-38/h1-35,53H,(H,56,57,58). The van der Waals surface area contributed by atoms with Gasteiger partial charge in [0.25, 0.3) is 0 Å². The quantitative estimate of drug-likeness (QED) is 0.176. The van der Waals surface area contributed by atoms with E-state index >= 15 is 0 Å². The number of furan rings is 1. The van der Waals surface area contributed by atoms with Crippen LogP contribution in [0.4, 0.5) is 0 Å². The molecule has 59 heavy (non-hydrogen) atoms. The van der Waals surface area contributed by atoms with Crippen molar-refractivity contribution in [2.75, 3.05) is 0 Å². The molecular formula is C55H37N3O. The third-order valence-electron chi connectivity index (χ3n) is 11.3. The molecule has 0 amide bonds. The highest BCUT2D eigenvalue weighted by Crippen LogP contribution is 2.43. The minimum Gasteiger partial charge on any atom is -0.455 e. The molecule has 9 aromatic carbocycles. The molecule has 4 heteroatoms. The van der Waals surface area contributed by atoms with Gasteiger partial charge in [0.1, 0.15) is 23.2 Å². The van der Waals surface area contributed by atoms with Crippen molar-refractivity contribution in [1.82, 2.24) is 5.32 Å². The summed E-state index contributed by atoms with van der Waals surface area (Å²) in [5.41, 5.74) is 13.9. The number of fused-ring (bicyclic) bond motifs is 5. The zero-order valence-electron chi connectivity index (χ0n) is 32.1. The molecule has 11 rings (SSSR count). The van der Waals surface area contributed by atoms with Gasteiger partial charge in [0.05, 0.1) is 0 Å². The maximum absolute atomic E-state index is 6.92. The third-order valence-corrected chi connectivity index (χ3v) is 11.3. The highest BCUT2D eigenvalue weighted by molar-refractivity contribution is 6.23. The highest BCUT2D eigenvalue weighted by atomic mass is 16.3. The van der Waals surface area contributed by atoms with Crippen molar-refractivity contribution < 1.29 is 4.42 Å². The Kier molecular flexibility index (Phi) is 8.52. The second-order valence-electron chi connectivity index (χ2n) is 15.0. The van der Waals surface area contributed by atoms with Gasteiger partial charge in [-0.25, -0.2) is 9.98 Å². The average molecular weight is 756 g/mol. The Bertz CT molecular complexity index is 3240. The zero-order chi connectivity index (χ0) is 39.1. The lowest BCUT2D eigenvalue weighted by molar-refractivity contribution is 0.670. The first-order valence-electron chi connectivity index (χ1n) is 20.0. The summed E-state index contributed by atoms with van der Waals surface area (Å²) < 4.78 is 6.92. The van der Waals surface area contributed by atoms with Crippen molar-refractivity contribution in [2.45, 2.75) is 6.17 Å². The number of nitrogens with zero attached hydrogens (tertiary/aromatic N) is 2. The molecule has 1 aromatic heterocycles. The van der Waals surface area contributed by atoms with Gasteiger partial charge in [-0.2, -0.15) is 0 Å². The molecular weight excluding hydrogens is 719 g/mol. The summed E-state index contributed by atoms with van der Waals surface area (Å²) in [4.78, 5) is 10.1. The van der Waals surface area contributed by atoms with Gasteiger partial charge in [-0.15, -0.1) is 0 Å². The maximum Gasteiger partial charge on any atom is 0.159 e. The molecule has 10 aromatic rings. The van der Waals surface area contributed by atoms with Gasteiger partial charge in [0.15, 0.2) is 5.84 Å². The van der Waals surface area contributed by atoms with E-state index < -0.39 is 0 Å². The molecule has 1 atom stereocenters. The first-order valence-corrected chi connectivity index (χ1v) is 20.0. The molecule has 2 heterocycles. The van der Waals surface area contributed by atoms with Crippen LogP contribution in [0.3, 0.4) is 0 Å². The third kappa shape index (κ3) is 6.37. The lowest BCUT2D eigenvalue weighted by Crippen LogP contribution is -2.33. The van der Waals surface area contributed by atoms with Gasteiger partial charge >= 0.3 is 0 Å². The van der Waals surface area contributed by atoms with Crippen molar-refractivity contribution in [3.05, 3.63) is 229 Å². The number of amidine groups is 2. The summed E-state index contributed by atoms with van der Waals surface area (Å²) in [5.74, 6) is 1.50. The smallest absolute Gasteiger partial charge is 0.159 e. The van der Waals surface area contributed by atoms with E-state index in [0.717, 1.165) is 77.8 Å². The molecule has 1 N–H and O–H groups in total. The Balaban J connectivity index is 0.986. The van der Waals surface area contributed by atoms with Gasteiger partial charge in [-0.1, -0.05) is 188 Å². The van der Waals surface area contributed by atoms with Gasteiger partial charge in [0, 0.05) is 27.5 Å². The number of nitrogens with one attached hydrogen (secondary N) is 1. The minimum absolute atomic E-state index is 0.261. The number of aliphatic imine (C=N–C) groups is 2. The maximum atomic E-state index is 6.92. The molecule has 0 bridgehead atoms. The molecule has 0 saturated heterocycles. The number of rotatable bonds is 7. The van der Waals surface area contributed by atoms with Crippen LogP contribution < -0.4 is 5.32 Å². The molecule has 0 aliphatic carbocycles. The van der Waals surface area contributed by atoms with Gasteiger partial charge in [-0.3, -0.25) is 0 Å². The Labute approximate surface area is 342 Å². The van der Waals surface area contributed by atoms with E-state index in [0.29, 0.717) is 5.84 Å². The zero-order valence-corrected chi connectivity index (χ0v) is 32.1. The average Bonchev–Trinajstić information content (AvgIpc) is 3.71. The molecule has 1 aliphatic heterocycles. The van der Waals surface area contributed by atoms with E-state index in [1.807, 2.05) is 36.4 Å². The van der Waals surface area contributed by atoms with Crippen LogP contribution in [0.1, 0.15) is 22.9 Å². The fraction of sp³-hybridized carbons (Fsp3) is 0.0182. The van der Waals surface area contributed by atoms with E-state index in [9.17, 15) is 0 Å². The lowest BCUT2D eigenvalue weighted by atomic mass is 9.92. The fourth-order valence-electron chi connectivity index (χ4n) is 8.46. The second kappa shape index (κ2) is 14.6. The van der Waals surface area contributed by atoms with Crippen molar-refractivity contribution in [3.8, 4) is 44.5 Å². The Morgan fingerprint density at radius 2 is 0.898 bits per heavy atom. The van der Waals surface area contributed by atoms with E-state index in [1.165, 1.54) is 21.9 Å². The molecule has 1 unspecified atom stereocenters. The largest absolute Gasteiger partial charge is 0.455 e. The van der Waals surface area contributed by atoms with Crippen molar-refractivity contribution in [1.29, 1.82) is 0 Å². The SMILES string of the molecule is c1ccc(C2=NC(c3ccccc3)NC(c3cccc(-c4cccc(-c5cccc6c5oc5cc(-c7cccc(-c8ccccc8)c7)c7ccccc7c56)c4)c3)=N2)cc1. The van der Waals surface area contributed by atoms with Crippen molar-refractivity contribution in [3.63, 3.8) is 0 Å². The van der Waals surface area contributed by atoms with E-state index in [4.69, 9.17) is 14.4 Å². The summed E-state index contributed by atoms with van der Waals surface area (Å²) in [6.45, 7) is 0. The second-order valence-corrected chi connectivity index (χ2v) is 15.0. The predicted molar refractivity (Wildman–Crippen MR) is 245 cm³/mol. The van der Waals surface area contributed by atoms with Crippen LogP contribution >= 0.6 is 0 Å². The van der Waals surface area contributed by atoms with Gasteiger partial charge in [-0.05, 0) is 79.5 Å². The van der Waals surface area contributed by atoms with Gasteiger partial charge in [0.2, 0.25) is 0 Å². The summed E-state index contributed by atoms with van der Waals surface area (Å²) in [6.07, 6.45) is -0.261. The molecule has 0 fully saturated rings. The summed E-state index contributed by atoms with van der Waals surface area (Å²) >= 11 is 0. The van der Waals surface area contributed by atoms with Crippen molar-refractivity contribution in [2.24, 2.45) is 9.98 Å². The molecule has 1 aliphatic rings. The van der Waals surface area contributed by atoms with Crippen molar-refractivity contribution >= 4 is 44.4 Å². The topological polar surface area (TPSA) is 49.9 Å². The summed E-state index contributed by atoms with van der Waals surface area (Å²) in [7, 11) is 0. The van der Waals surface area contributed by atoms with Crippen LogP contribution in [0, 0.1) is 0 Å². The number of hydrogen-bond donors (Lipinski definition) is 1. The van der Waals surface area contributed by atoms with E-state index in [1.54, 1.807) is 0 Å². The van der Waals surface area contributed by atoms with Gasteiger partial charge < -0.3 is 9.73 Å². The van der Waals surface area contributed by atoms with Crippen LogP contribution in [0.5, 0.6) is 0 Å². The Hall–Kier alpha value is -7.82. The molecule has 0 saturated carbocycles. The summed E-state index contributed by atoms with van der Waals surface area (Å²) in [5, 5.41) is 8.25. The van der Waals surface area contributed by atoms with E-state index in [-0.39, 0.29) is 6.17 Å². The fourth-order valence-corrected chi connectivity index (χ4v) is 8.46. The van der Waals surface area contributed by atoms with Crippen LogP contribution in [0.15, 0.2) is 227 Å². The van der Waals surface area contributed by atoms with Crippen LogP contribution in [0.25, 0.3) is 77.2 Å². The molecule has 0 radical (unpaired) electrons. The Morgan fingerprint density at radius 1 is 0.390 bits per heavy atom. The number of hydrogen-bond acceptors (Lipinski definition) is 4. The van der Waals surface area contributed by atoms with Crippen LogP contribution in [-0.2, 0) is 0 Å². The molecule has 0 spiro atoms.